The van der Waals surface area contributed by atoms with Crippen LogP contribution in [0.1, 0.15) is 57.6 Å². The van der Waals surface area contributed by atoms with Gasteiger partial charge in [0.05, 0.1) is 30.9 Å². The van der Waals surface area contributed by atoms with Gasteiger partial charge in [-0.15, -0.1) is 6.58 Å². The van der Waals surface area contributed by atoms with Gasteiger partial charge in [0.2, 0.25) is 0 Å². The highest BCUT2D eigenvalue weighted by Crippen LogP contribution is 2.36. The summed E-state index contributed by atoms with van der Waals surface area (Å²) in [5.41, 5.74) is 3.25. The van der Waals surface area contributed by atoms with Crippen LogP contribution in [0.2, 0.25) is 0 Å². The van der Waals surface area contributed by atoms with E-state index in [0.717, 1.165) is 16.2 Å². The molecule has 0 heterocycles. The molecule has 0 spiro atoms. The quantitative estimate of drug-likeness (QED) is 0.198. The van der Waals surface area contributed by atoms with Gasteiger partial charge in [-0.05, 0) is 73.9 Å². The lowest BCUT2D eigenvalue weighted by molar-refractivity contribution is -0.141. The number of aliphatic imine (C=N–C) groups is 1. The fourth-order valence-corrected chi connectivity index (χ4v) is 4.32. The van der Waals surface area contributed by atoms with Crippen molar-refractivity contribution in [3.8, 4) is 0 Å². The molecule has 6 heteroatoms. The Morgan fingerprint density at radius 1 is 1.34 bits per heavy atom. The summed E-state index contributed by atoms with van der Waals surface area (Å²) in [4.78, 5) is 14.9. The first-order valence-electron chi connectivity index (χ1n) is 12.0. The Kier molecular flexibility index (Phi) is 12.8. The second kappa shape index (κ2) is 14.7. The Bertz CT molecular complexity index is 936. The predicted octanol–water partition coefficient (Wildman–Crippen LogP) is 6.83. The first-order chi connectivity index (χ1) is 16.6. The van der Waals surface area contributed by atoms with Gasteiger partial charge in [0.1, 0.15) is 0 Å². The van der Waals surface area contributed by atoms with Crippen LogP contribution in [0.5, 0.6) is 0 Å². The number of benzene rings is 1. The summed E-state index contributed by atoms with van der Waals surface area (Å²) >= 11 is 6.55. The molecule has 192 valence electrons. The molecule has 2 N–H and O–H groups in total. The Balaban J connectivity index is 0.000000434. The first kappa shape index (κ1) is 30.4. The van der Waals surface area contributed by atoms with Crippen molar-refractivity contribution in [2.75, 3.05) is 14.2 Å². The minimum atomic E-state index is -0.865. The number of carbonyl (C=O) groups is 1. The molecule has 0 aliphatic heterocycles. The first-order valence-corrected chi connectivity index (χ1v) is 12.4. The maximum atomic E-state index is 10.7. The van der Waals surface area contributed by atoms with Crippen LogP contribution in [0.3, 0.4) is 0 Å². The van der Waals surface area contributed by atoms with E-state index in [1.807, 2.05) is 13.1 Å². The van der Waals surface area contributed by atoms with Crippen molar-refractivity contribution in [2.24, 2.45) is 16.8 Å². The highest BCUT2D eigenvalue weighted by atomic mass is 35.5. The van der Waals surface area contributed by atoms with Crippen LogP contribution in [0.15, 0.2) is 71.4 Å². The molecular weight excluding hydrogens is 460 g/mol. The van der Waals surface area contributed by atoms with Gasteiger partial charge < -0.3 is 15.2 Å². The number of methoxy groups -OCH3 is 1. The third-order valence-corrected chi connectivity index (χ3v) is 6.83. The highest BCUT2D eigenvalue weighted by molar-refractivity contribution is 6.37. The van der Waals surface area contributed by atoms with E-state index in [1.165, 1.54) is 37.9 Å². The maximum absolute atomic E-state index is 10.7. The van der Waals surface area contributed by atoms with E-state index in [4.69, 9.17) is 16.7 Å². The normalized spacial score (nSPS) is 22.1. The molecule has 0 saturated carbocycles. The molecule has 1 aromatic rings. The minimum Gasteiger partial charge on any atom is -0.505 e. The van der Waals surface area contributed by atoms with Crippen molar-refractivity contribution in [1.82, 2.24) is 5.32 Å². The number of hydrogen-bond acceptors (Lipinski definition) is 4. The average molecular weight is 501 g/mol. The molecule has 0 bridgehead atoms. The summed E-state index contributed by atoms with van der Waals surface area (Å²) in [6.07, 6.45) is 11.1. The summed E-state index contributed by atoms with van der Waals surface area (Å²) < 4.78 is 4.64. The number of ether oxygens (including phenoxy) is 1. The Morgan fingerprint density at radius 2 is 1.97 bits per heavy atom. The third kappa shape index (κ3) is 8.52. The van der Waals surface area contributed by atoms with Crippen LogP contribution >= 0.6 is 11.6 Å². The van der Waals surface area contributed by atoms with Gasteiger partial charge in [0.15, 0.2) is 0 Å². The van der Waals surface area contributed by atoms with E-state index in [1.54, 1.807) is 13.0 Å². The SMILES string of the molecule is C=CC(C)C(/C=C/OC)C(=O)O.C=NC1C=C(c2ccc(C(C)CCC)cc2)C(Cl)=CC1(C)NC. The van der Waals surface area contributed by atoms with E-state index >= 15 is 0 Å². The molecule has 2 rings (SSSR count). The second-order valence-electron chi connectivity index (χ2n) is 9.07. The van der Waals surface area contributed by atoms with Crippen LogP contribution in [0.4, 0.5) is 0 Å². The van der Waals surface area contributed by atoms with Crippen LogP contribution in [0.25, 0.3) is 5.57 Å². The van der Waals surface area contributed by atoms with E-state index in [0.29, 0.717) is 5.92 Å². The molecule has 1 aromatic carbocycles. The van der Waals surface area contributed by atoms with Crippen molar-refractivity contribution < 1.29 is 14.6 Å². The fourth-order valence-electron chi connectivity index (χ4n) is 3.92. The Labute approximate surface area is 216 Å². The summed E-state index contributed by atoms with van der Waals surface area (Å²) in [7, 11) is 3.40. The lowest BCUT2D eigenvalue weighted by Crippen LogP contribution is -2.48. The fraction of sp³-hybridized carbons (Fsp3) is 0.448. The van der Waals surface area contributed by atoms with E-state index in [9.17, 15) is 4.79 Å². The summed E-state index contributed by atoms with van der Waals surface area (Å²) in [5.74, 6) is -0.914. The molecule has 0 amide bonds. The van der Waals surface area contributed by atoms with Gasteiger partial charge in [0, 0.05) is 5.03 Å². The zero-order valence-electron chi connectivity index (χ0n) is 21.9. The van der Waals surface area contributed by atoms with Gasteiger partial charge in [-0.2, -0.15) is 0 Å². The molecule has 0 fully saturated rings. The number of hydrogen-bond donors (Lipinski definition) is 2. The third-order valence-electron chi connectivity index (χ3n) is 6.52. The lowest BCUT2D eigenvalue weighted by atomic mass is 9.83. The van der Waals surface area contributed by atoms with Crippen molar-refractivity contribution >= 4 is 29.9 Å². The molecule has 5 unspecified atom stereocenters. The summed E-state index contributed by atoms with van der Waals surface area (Å²) in [6.45, 7) is 15.6. The Hall–Kier alpha value is -2.63. The van der Waals surface area contributed by atoms with E-state index < -0.39 is 11.9 Å². The number of carboxylic acids is 1. The van der Waals surface area contributed by atoms with E-state index in [2.05, 4.69) is 79.5 Å². The smallest absolute Gasteiger partial charge is 0.311 e. The molecule has 5 nitrogen and oxygen atoms in total. The van der Waals surface area contributed by atoms with Gasteiger partial charge in [0.25, 0.3) is 0 Å². The number of nitrogens with zero attached hydrogens (tertiary/aromatic N) is 1. The van der Waals surface area contributed by atoms with Gasteiger partial charge in [-0.3, -0.25) is 9.79 Å². The second-order valence-corrected chi connectivity index (χ2v) is 9.47. The van der Waals surface area contributed by atoms with Crippen molar-refractivity contribution in [2.45, 2.75) is 58.0 Å². The van der Waals surface area contributed by atoms with Crippen molar-refractivity contribution in [3.05, 3.63) is 77.6 Å². The number of halogens is 1. The van der Waals surface area contributed by atoms with Gasteiger partial charge in [-0.1, -0.05) is 69.1 Å². The van der Waals surface area contributed by atoms with Crippen LogP contribution in [-0.4, -0.2) is 43.5 Å². The molecule has 1 aliphatic carbocycles. The molecule has 0 aromatic heterocycles. The maximum Gasteiger partial charge on any atom is 0.311 e. The van der Waals surface area contributed by atoms with E-state index in [-0.39, 0.29) is 17.5 Å². The monoisotopic (exact) mass is 500 g/mol. The van der Waals surface area contributed by atoms with Crippen molar-refractivity contribution in [1.29, 1.82) is 0 Å². The molecule has 5 atom stereocenters. The summed E-state index contributed by atoms with van der Waals surface area (Å²) in [6, 6.07) is 8.70. The lowest BCUT2D eigenvalue weighted by Gasteiger charge is -2.34. The van der Waals surface area contributed by atoms with Gasteiger partial charge >= 0.3 is 5.97 Å². The number of nitrogens with one attached hydrogen (secondary N) is 1. The summed E-state index contributed by atoms with van der Waals surface area (Å²) in [5, 5.41) is 12.8. The molecular formula is C29H41ClN2O3. The minimum absolute atomic E-state index is 0.0382. The molecule has 0 radical (unpaired) electrons. The number of aliphatic carboxylic acids is 1. The van der Waals surface area contributed by atoms with Crippen LogP contribution in [0, 0.1) is 11.8 Å². The Morgan fingerprint density at radius 3 is 2.43 bits per heavy atom. The number of allylic oxidation sites excluding steroid dienone is 3. The highest BCUT2D eigenvalue weighted by Gasteiger charge is 2.33. The van der Waals surface area contributed by atoms with Crippen molar-refractivity contribution in [3.63, 3.8) is 0 Å². The molecule has 1 aliphatic rings. The number of carboxylic acid groups (broad SMARTS) is 1. The number of likely N-dealkylation sites (N-methyl/N-ethyl adjacent to an activating group) is 1. The zero-order chi connectivity index (χ0) is 26.6. The van der Waals surface area contributed by atoms with Gasteiger partial charge in [-0.25, -0.2) is 0 Å². The molecule has 35 heavy (non-hydrogen) atoms. The average Bonchev–Trinajstić information content (AvgIpc) is 2.84. The zero-order valence-corrected chi connectivity index (χ0v) is 22.7. The predicted molar refractivity (Wildman–Crippen MR) is 149 cm³/mol. The topological polar surface area (TPSA) is 70.9 Å². The van der Waals surface area contributed by atoms with Crippen LogP contribution in [-0.2, 0) is 9.53 Å². The largest absolute Gasteiger partial charge is 0.505 e. The standard InChI is InChI=1S/C20H27ClN2.C9H14O3/c1-6-7-14(2)15-8-10-16(11-9-15)17-12-19(22-4)20(3,23-5)13-18(17)21;1-4-7(2)8(9(10)11)5-6-12-3/h8-14,19,23H,4,6-7H2,1-3,5H3;4-8H,1H2,2-3H3,(H,10,11)/b;6-5+. The van der Waals surface area contributed by atoms with Crippen LogP contribution < -0.4 is 5.32 Å². The molecule has 0 saturated heterocycles. The number of rotatable bonds is 11.